The summed E-state index contributed by atoms with van der Waals surface area (Å²) in [6.07, 6.45) is 0.584. The van der Waals surface area contributed by atoms with Crippen molar-refractivity contribution in [2.75, 3.05) is 13.6 Å². The van der Waals surface area contributed by atoms with Crippen molar-refractivity contribution >= 4 is 39.1 Å². The van der Waals surface area contributed by atoms with Gasteiger partial charge in [0.05, 0.1) is 10.2 Å². The molecule has 1 aromatic rings. The third-order valence-electron chi connectivity index (χ3n) is 2.46. The first kappa shape index (κ1) is 15.1. The Morgan fingerprint density at radius 1 is 1.56 bits per heavy atom. The van der Waals surface area contributed by atoms with Crippen LogP contribution in [0.15, 0.2) is 15.9 Å². The van der Waals surface area contributed by atoms with Crippen LogP contribution >= 0.6 is 27.3 Å². The average Bonchev–Trinajstić information content (AvgIpc) is 2.71. The minimum Gasteiger partial charge on any atom is -0.480 e. The lowest BCUT2D eigenvalue weighted by atomic mass is 10.2. The fraction of sp³-hybridized carbons (Fsp3) is 0.455. The van der Waals surface area contributed by atoms with E-state index in [1.165, 1.54) is 9.78 Å². The summed E-state index contributed by atoms with van der Waals surface area (Å²) < 4.78 is 1.05. The number of thiophene rings is 1. The highest BCUT2D eigenvalue weighted by atomic mass is 79.9. The normalized spacial score (nSPS) is 12.2. The molecule has 0 aromatic carbocycles. The number of rotatable bonds is 6. The molecule has 1 amide bonds. The van der Waals surface area contributed by atoms with Gasteiger partial charge in [0.2, 0.25) is 5.91 Å². The zero-order valence-corrected chi connectivity index (χ0v) is 12.3. The minimum absolute atomic E-state index is 0.167. The third-order valence-corrected chi connectivity index (χ3v) is 4.14. The highest BCUT2D eigenvalue weighted by Gasteiger charge is 2.18. The van der Waals surface area contributed by atoms with Crippen LogP contribution in [0.3, 0.4) is 0 Å². The van der Waals surface area contributed by atoms with Crippen LogP contribution in [0.25, 0.3) is 0 Å². The Morgan fingerprint density at radius 2 is 2.22 bits per heavy atom. The summed E-state index contributed by atoms with van der Waals surface area (Å²) in [5.74, 6) is -1.40. The van der Waals surface area contributed by atoms with E-state index in [1.54, 1.807) is 18.4 Å². The van der Waals surface area contributed by atoms with Crippen molar-refractivity contribution in [3.05, 3.63) is 20.8 Å². The van der Waals surface area contributed by atoms with Gasteiger partial charge in [-0.2, -0.15) is 0 Å². The van der Waals surface area contributed by atoms with Gasteiger partial charge in [-0.25, -0.2) is 0 Å². The van der Waals surface area contributed by atoms with Gasteiger partial charge < -0.3 is 15.7 Å². The Morgan fingerprint density at radius 3 is 2.72 bits per heavy atom. The molecule has 0 aliphatic heterocycles. The molecule has 1 aromatic heterocycles. The molecule has 1 unspecified atom stereocenters. The van der Waals surface area contributed by atoms with E-state index >= 15 is 0 Å². The Balaban J connectivity index is 2.38. The summed E-state index contributed by atoms with van der Waals surface area (Å²) in [5, 5.41) is 8.62. The highest BCUT2D eigenvalue weighted by molar-refractivity contribution is 9.11. The maximum atomic E-state index is 11.7. The van der Waals surface area contributed by atoms with Crippen molar-refractivity contribution < 1.29 is 14.7 Å². The molecule has 0 spiro atoms. The SMILES string of the molecule is CN(CCc1ccc(Br)s1)C(=O)CC(N)C(=O)O. The van der Waals surface area contributed by atoms with Crippen molar-refractivity contribution in [1.82, 2.24) is 4.90 Å². The molecule has 0 aliphatic carbocycles. The molecular weight excluding hydrogens is 320 g/mol. The molecular formula is C11H15BrN2O3S. The Hall–Kier alpha value is -0.920. The highest BCUT2D eigenvalue weighted by Crippen LogP contribution is 2.22. The van der Waals surface area contributed by atoms with E-state index in [0.717, 1.165) is 10.2 Å². The first-order chi connectivity index (χ1) is 8.40. The quantitative estimate of drug-likeness (QED) is 0.821. The van der Waals surface area contributed by atoms with Crippen LogP contribution in [0.4, 0.5) is 0 Å². The molecule has 3 N–H and O–H groups in total. The van der Waals surface area contributed by atoms with Gasteiger partial charge in [0.15, 0.2) is 0 Å². The number of nitrogens with zero attached hydrogens (tertiary/aromatic N) is 1. The van der Waals surface area contributed by atoms with E-state index in [4.69, 9.17) is 10.8 Å². The van der Waals surface area contributed by atoms with Crippen molar-refractivity contribution in [2.45, 2.75) is 18.9 Å². The maximum absolute atomic E-state index is 11.7. The largest absolute Gasteiger partial charge is 0.480 e. The van der Waals surface area contributed by atoms with Crippen molar-refractivity contribution in [3.63, 3.8) is 0 Å². The van der Waals surface area contributed by atoms with E-state index in [0.29, 0.717) is 6.54 Å². The molecule has 100 valence electrons. The van der Waals surface area contributed by atoms with Gasteiger partial charge in [-0.3, -0.25) is 9.59 Å². The number of hydrogen-bond donors (Lipinski definition) is 2. The van der Waals surface area contributed by atoms with E-state index in [9.17, 15) is 9.59 Å². The molecule has 0 saturated heterocycles. The first-order valence-electron chi connectivity index (χ1n) is 5.36. The second kappa shape index (κ2) is 6.86. The van der Waals surface area contributed by atoms with E-state index in [1.807, 2.05) is 12.1 Å². The summed E-state index contributed by atoms with van der Waals surface area (Å²) >= 11 is 4.99. The van der Waals surface area contributed by atoms with Crippen LogP contribution < -0.4 is 5.73 Å². The molecule has 7 heteroatoms. The van der Waals surface area contributed by atoms with E-state index in [2.05, 4.69) is 15.9 Å². The average molecular weight is 335 g/mol. The summed E-state index contributed by atoms with van der Waals surface area (Å²) in [6, 6.07) is 2.83. The van der Waals surface area contributed by atoms with Gasteiger partial charge in [-0.1, -0.05) is 0 Å². The lowest BCUT2D eigenvalue weighted by Crippen LogP contribution is -2.38. The molecule has 5 nitrogen and oxygen atoms in total. The van der Waals surface area contributed by atoms with Crippen LogP contribution in [-0.2, 0) is 16.0 Å². The lowest BCUT2D eigenvalue weighted by molar-refractivity contribution is -0.142. The summed E-state index contributed by atoms with van der Waals surface area (Å²) in [7, 11) is 1.65. The van der Waals surface area contributed by atoms with Crippen LogP contribution in [0, 0.1) is 0 Å². The number of carboxylic acids is 1. The van der Waals surface area contributed by atoms with Gasteiger partial charge in [-0.15, -0.1) is 11.3 Å². The Labute approximate surface area is 118 Å². The molecule has 1 heterocycles. The zero-order chi connectivity index (χ0) is 13.7. The fourth-order valence-corrected chi connectivity index (χ4v) is 2.79. The third kappa shape index (κ3) is 4.75. The van der Waals surface area contributed by atoms with Gasteiger partial charge in [-0.05, 0) is 34.5 Å². The predicted molar refractivity (Wildman–Crippen MR) is 73.6 cm³/mol. The molecule has 18 heavy (non-hydrogen) atoms. The molecule has 0 saturated carbocycles. The van der Waals surface area contributed by atoms with E-state index in [-0.39, 0.29) is 12.3 Å². The second-order valence-corrected chi connectivity index (χ2v) is 6.47. The molecule has 0 radical (unpaired) electrons. The summed E-state index contributed by atoms with van der Waals surface area (Å²) in [5.41, 5.74) is 5.31. The number of carbonyl (C=O) groups is 2. The van der Waals surface area contributed by atoms with Crippen LogP contribution in [0.1, 0.15) is 11.3 Å². The van der Waals surface area contributed by atoms with Crippen molar-refractivity contribution in [2.24, 2.45) is 5.73 Å². The Bertz CT molecular complexity index is 436. The van der Waals surface area contributed by atoms with Crippen LogP contribution in [0.2, 0.25) is 0 Å². The molecule has 1 rings (SSSR count). The molecule has 0 bridgehead atoms. The smallest absolute Gasteiger partial charge is 0.321 e. The number of aliphatic carboxylic acids is 1. The molecule has 0 aliphatic rings. The predicted octanol–water partition coefficient (Wildman–Crippen LogP) is 1.31. The van der Waals surface area contributed by atoms with Gasteiger partial charge in [0.25, 0.3) is 0 Å². The van der Waals surface area contributed by atoms with Gasteiger partial charge in [0.1, 0.15) is 6.04 Å². The summed E-state index contributed by atoms with van der Waals surface area (Å²) in [4.78, 5) is 24.9. The number of likely N-dealkylation sites (N-methyl/N-ethyl adjacent to an activating group) is 1. The Kier molecular flexibility index (Phi) is 5.77. The number of halogens is 1. The van der Waals surface area contributed by atoms with Crippen LogP contribution in [-0.4, -0.2) is 41.5 Å². The van der Waals surface area contributed by atoms with Gasteiger partial charge in [0, 0.05) is 18.5 Å². The number of amides is 1. The number of hydrogen-bond acceptors (Lipinski definition) is 4. The topological polar surface area (TPSA) is 83.6 Å². The summed E-state index contributed by atoms with van der Waals surface area (Å²) in [6.45, 7) is 0.554. The van der Waals surface area contributed by atoms with Crippen molar-refractivity contribution in [3.8, 4) is 0 Å². The number of nitrogens with two attached hydrogens (primary N) is 1. The number of carbonyl (C=O) groups excluding carboxylic acids is 1. The van der Waals surface area contributed by atoms with E-state index < -0.39 is 12.0 Å². The van der Waals surface area contributed by atoms with Crippen molar-refractivity contribution in [1.29, 1.82) is 0 Å². The lowest BCUT2D eigenvalue weighted by Gasteiger charge is -2.17. The maximum Gasteiger partial charge on any atom is 0.321 e. The standard InChI is InChI=1S/C11H15BrN2O3S/c1-14(10(15)6-8(13)11(16)17)5-4-7-2-3-9(12)18-7/h2-3,8H,4-6,13H2,1H3,(H,16,17). The zero-order valence-electron chi connectivity index (χ0n) is 9.93. The van der Waals surface area contributed by atoms with Crippen LogP contribution in [0.5, 0.6) is 0 Å². The molecule has 0 fully saturated rings. The first-order valence-corrected chi connectivity index (χ1v) is 6.97. The monoisotopic (exact) mass is 334 g/mol. The number of carboxylic acid groups (broad SMARTS) is 1. The second-order valence-electron chi connectivity index (χ2n) is 3.92. The minimum atomic E-state index is -1.15. The van der Waals surface area contributed by atoms with Gasteiger partial charge >= 0.3 is 5.97 Å². The fourth-order valence-electron chi connectivity index (χ4n) is 1.32. The molecule has 1 atom stereocenters.